The number of carbonyl (C=O) groups is 1. The predicted molar refractivity (Wildman–Crippen MR) is 42.5 cm³/mol. The highest BCUT2D eigenvalue weighted by atomic mass is 16.7. The van der Waals surface area contributed by atoms with E-state index in [0.717, 1.165) is 0 Å². The summed E-state index contributed by atoms with van der Waals surface area (Å²) < 4.78 is 4.90. The average Bonchev–Trinajstić information content (AvgIpc) is 2.65. The molecule has 0 saturated heterocycles. The standard InChI is InChI=1S/C7H8N2O4/c1-11-9-6(7(10)13-8)5-3-2-4-12-5/h2-4H,8H2,1H3. The summed E-state index contributed by atoms with van der Waals surface area (Å²) in [6.45, 7) is 0. The molecule has 0 spiro atoms. The minimum Gasteiger partial charge on any atom is -0.462 e. The van der Waals surface area contributed by atoms with Crippen molar-refractivity contribution in [1.29, 1.82) is 0 Å². The zero-order chi connectivity index (χ0) is 9.68. The Kier molecular flexibility index (Phi) is 3.04. The van der Waals surface area contributed by atoms with Crippen LogP contribution < -0.4 is 5.90 Å². The van der Waals surface area contributed by atoms with E-state index in [9.17, 15) is 4.79 Å². The van der Waals surface area contributed by atoms with Gasteiger partial charge in [0.1, 0.15) is 7.11 Å². The molecule has 70 valence electrons. The van der Waals surface area contributed by atoms with Crippen molar-refractivity contribution in [2.75, 3.05) is 7.11 Å². The first-order valence-corrected chi connectivity index (χ1v) is 3.35. The molecule has 0 saturated carbocycles. The van der Waals surface area contributed by atoms with E-state index in [2.05, 4.69) is 20.7 Å². The molecule has 0 aliphatic heterocycles. The maximum atomic E-state index is 11.0. The van der Waals surface area contributed by atoms with Gasteiger partial charge in [0.25, 0.3) is 0 Å². The summed E-state index contributed by atoms with van der Waals surface area (Å²) in [5, 5.41) is 3.41. The molecule has 6 heteroatoms. The normalized spacial score (nSPS) is 11.1. The van der Waals surface area contributed by atoms with Gasteiger partial charge in [0.15, 0.2) is 5.76 Å². The van der Waals surface area contributed by atoms with Crippen LogP contribution in [0.25, 0.3) is 0 Å². The Morgan fingerprint density at radius 3 is 2.92 bits per heavy atom. The summed E-state index contributed by atoms with van der Waals surface area (Å²) in [6, 6.07) is 3.14. The summed E-state index contributed by atoms with van der Waals surface area (Å²) in [6.07, 6.45) is 1.39. The second kappa shape index (κ2) is 4.27. The van der Waals surface area contributed by atoms with E-state index in [4.69, 9.17) is 4.42 Å². The largest absolute Gasteiger partial charge is 0.462 e. The SMILES string of the molecule is CON=C(C(=O)ON)c1ccco1. The quantitative estimate of drug-likeness (QED) is 0.529. The molecule has 13 heavy (non-hydrogen) atoms. The van der Waals surface area contributed by atoms with Gasteiger partial charge in [-0.1, -0.05) is 5.16 Å². The minimum atomic E-state index is -0.822. The van der Waals surface area contributed by atoms with Crippen LogP contribution in [0.3, 0.4) is 0 Å². The highest BCUT2D eigenvalue weighted by Gasteiger charge is 2.18. The van der Waals surface area contributed by atoms with Crippen LogP contribution in [0.15, 0.2) is 28.0 Å². The Morgan fingerprint density at radius 1 is 1.69 bits per heavy atom. The van der Waals surface area contributed by atoms with Gasteiger partial charge < -0.3 is 14.1 Å². The minimum absolute atomic E-state index is 0.116. The first-order valence-electron chi connectivity index (χ1n) is 3.35. The van der Waals surface area contributed by atoms with E-state index < -0.39 is 5.97 Å². The van der Waals surface area contributed by atoms with Crippen molar-refractivity contribution in [2.45, 2.75) is 0 Å². The third-order valence-electron chi connectivity index (χ3n) is 1.24. The molecule has 1 aromatic heterocycles. The van der Waals surface area contributed by atoms with Gasteiger partial charge in [0, 0.05) is 0 Å². The molecule has 0 aliphatic rings. The lowest BCUT2D eigenvalue weighted by Gasteiger charge is -1.98. The molecule has 0 atom stereocenters. The molecule has 0 amide bonds. The fraction of sp³-hybridized carbons (Fsp3) is 0.143. The van der Waals surface area contributed by atoms with Crippen molar-refractivity contribution < 1.29 is 18.9 Å². The first-order chi connectivity index (χ1) is 6.29. The summed E-state index contributed by atoms with van der Waals surface area (Å²) >= 11 is 0. The van der Waals surface area contributed by atoms with Crippen molar-refractivity contribution in [3.05, 3.63) is 24.2 Å². The first kappa shape index (κ1) is 9.27. The van der Waals surface area contributed by atoms with Crippen LogP contribution in [0, 0.1) is 0 Å². The Labute approximate surface area is 73.9 Å². The van der Waals surface area contributed by atoms with E-state index in [1.165, 1.54) is 19.4 Å². The Hall–Kier alpha value is -1.82. The Morgan fingerprint density at radius 2 is 2.46 bits per heavy atom. The number of furan rings is 1. The fourth-order valence-corrected chi connectivity index (χ4v) is 0.743. The number of oxime groups is 1. The Bertz CT molecular complexity index is 304. The maximum absolute atomic E-state index is 11.0. The lowest BCUT2D eigenvalue weighted by molar-refractivity contribution is -0.136. The van der Waals surface area contributed by atoms with Gasteiger partial charge in [-0.25, -0.2) is 4.79 Å². The van der Waals surface area contributed by atoms with Gasteiger partial charge in [0.05, 0.1) is 6.26 Å². The number of carbonyl (C=O) groups excluding carboxylic acids is 1. The molecule has 0 bridgehead atoms. The van der Waals surface area contributed by atoms with Gasteiger partial charge in [-0.05, 0) is 12.1 Å². The third kappa shape index (κ3) is 2.06. The van der Waals surface area contributed by atoms with Gasteiger partial charge in [-0.2, -0.15) is 5.90 Å². The lowest BCUT2D eigenvalue weighted by Crippen LogP contribution is -2.21. The molecule has 6 nitrogen and oxygen atoms in total. The van der Waals surface area contributed by atoms with E-state index >= 15 is 0 Å². The highest BCUT2D eigenvalue weighted by molar-refractivity contribution is 6.42. The van der Waals surface area contributed by atoms with Crippen molar-refractivity contribution in [2.24, 2.45) is 11.1 Å². The molecule has 0 aromatic carbocycles. The molecule has 1 heterocycles. The van der Waals surface area contributed by atoms with Crippen LogP contribution in [0.1, 0.15) is 5.76 Å². The van der Waals surface area contributed by atoms with E-state index in [-0.39, 0.29) is 11.5 Å². The van der Waals surface area contributed by atoms with Crippen LogP contribution >= 0.6 is 0 Å². The van der Waals surface area contributed by atoms with Crippen molar-refractivity contribution in [3.63, 3.8) is 0 Å². The second-order valence-corrected chi connectivity index (χ2v) is 2.01. The molecule has 0 unspecified atom stereocenters. The molecule has 1 rings (SSSR count). The second-order valence-electron chi connectivity index (χ2n) is 2.01. The number of nitrogens with zero attached hydrogens (tertiary/aromatic N) is 1. The van der Waals surface area contributed by atoms with Gasteiger partial charge in [-0.3, -0.25) is 0 Å². The van der Waals surface area contributed by atoms with E-state index in [1.807, 2.05) is 0 Å². The molecular formula is C7H8N2O4. The van der Waals surface area contributed by atoms with Crippen molar-refractivity contribution in [3.8, 4) is 0 Å². The van der Waals surface area contributed by atoms with Gasteiger partial charge in [-0.15, -0.1) is 0 Å². The highest BCUT2D eigenvalue weighted by Crippen LogP contribution is 2.03. The number of hydrogen-bond acceptors (Lipinski definition) is 6. The number of rotatable bonds is 3. The lowest BCUT2D eigenvalue weighted by atomic mass is 10.3. The summed E-state index contributed by atoms with van der Waals surface area (Å²) in [4.78, 5) is 19.4. The third-order valence-corrected chi connectivity index (χ3v) is 1.24. The summed E-state index contributed by atoms with van der Waals surface area (Å²) in [5.74, 6) is 4.09. The zero-order valence-corrected chi connectivity index (χ0v) is 6.89. The predicted octanol–water partition coefficient (Wildman–Crippen LogP) is 0.0470. The van der Waals surface area contributed by atoms with E-state index in [1.54, 1.807) is 6.07 Å². The van der Waals surface area contributed by atoms with Crippen LogP contribution in [-0.2, 0) is 14.5 Å². The molecule has 1 aromatic rings. The number of nitrogens with two attached hydrogens (primary N) is 1. The summed E-state index contributed by atoms with van der Waals surface area (Å²) in [7, 11) is 1.30. The molecular weight excluding hydrogens is 176 g/mol. The van der Waals surface area contributed by atoms with Crippen molar-refractivity contribution >= 4 is 11.7 Å². The molecule has 0 radical (unpaired) electrons. The van der Waals surface area contributed by atoms with Crippen LogP contribution in [0.2, 0.25) is 0 Å². The van der Waals surface area contributed by atoms with Gasteiger partial charge >= 0.3 is 5.97 Å². The average molecular weight is 184 g/mol. The molecule has 0 aliphatic carbocycles. The van der Waals surface area contributed by atoms with Crippen molar-refractivity contribution in [1.82, 2.24) is 0 Å². The molecule has 2 N–H and O–H groups in total. The smallest absolute Gasteiger partial charge is 0.382 e. The van der Waals surface area contributed by atoms with E-state index in [0.29, 0.717) is 0 Å². The fourth-order valence-electron chi connectivity index (χ4n) is 0.743. The topological polar surface area (TPSA) is 87.0 Å². The van der Waals surface area contributed by atoms with Crippen LogP contribution in [0.4, 0.5) is 0 Å². The monoisotopic (exact) mass is 184 g/mol. The van der Waals surface area contributed by atoms with Crippen LogP contribution in [0.5, 0.6) is 0 Å². The number of hydrogen-bond donors (Lipinski definition) is 1. The molecule has 0 fully saturated rings. The van der Waals surface area contributed by atoms with Gasteiger partial charge in [0.2, 0.25) is 5.71 Å². The zero-order valence-electron chi connectivity index (χ0n) is 6.89. The maximum Gasteiger partial charge on any atom is 0.382 e. The van der Waals surface area contributed by atoms with Crippen LogP contribution in [-0.4, -0.2) is 18.8 Å². The summed E-state index contributed by atoms with van der Waals surface area (Å²) in [5.41, 5.74) is -0.116. The Balaban J connectivity index is 2.94.